The van der Waals surface area contributed by atoms with Gasteiger partial charge in [0.25, 0.3) is 0 Å². The molecule has 1 aliphatic rings. The van der Waals surface area contributed by atoms with Crippen molar-refractivity contribution in [3.05, 3.63) is 23.8 Å². The van der Waals surface area contributed by atoms with Crippen LogP contribution >= 0.6 is 11.8 Å². The SMILES string of the molecule is O=C(CCO)NCc1ccc2c(c1)NC(=O)CS2. The second kappa shape index (κ2) is 5.88. The van der Waals surface area contributed by atoms with Gasteiger partial charge >= 0.3 is 0 Å². The lowest BCUT2D eigenvalue weighted by molar-refractivity contribution is -0.121. The molecule has 1 aliphatic heterocycles. The molecule has 0 saturated heterocycles. The van der Waals surface area contributed by atoms with E-state index in [9.17, 15) is 9.59 Å². The quantitative estimate of drug-likeness (QED) is 0.750. The first-order chi connectivity index (χ1) is 8.69. The van der Waals surface area contributed by atoms with Crippen molar-refractivity contribution >= 4 is 29.3 Å². The molecule has 0 saturated carbocycles. The van der Waals surface area contributed by atoms with Crippen molar-refractivity contribution in [3.8, 4) is 0 Å². The lowest BCUT2D eigenvalue weighted by atomic mass is 10.2. The van der Waals surface area contributed by atoms with E-state index in [1.54, 1.807) is 0 Å². The van der Waals surface area contributed by atoms with Gasteiger partial charge in [0.1, 0.15) is 0 Å². The largest absolute Gasteiger partial charge is 0.396 e. The third-order valence-corrected chi connectivity index (χ3v) is 3.58. The number of hydrogen-bond donors (Lipinski definition) is 3. The zero-order valence-electron chi connectivity index (χ0n) is 9.73. The average molecular weight is 266 g/mol. The van der Waals surface area contributed by atoms with Crippen LogP contribution in [0.1, 0.15) is 12.0 Å². The molecule has 3 N–H and O–H groups in total. The van der Waals surface area contributed by atoms with Crippen molar-refractivity contribution in [2.45, 2.75) is 17.9 Å². The third kappa shape index (κ3) is 3.24. The summed E-state index contributed by atoms with van der Waals surface area (Å²) in [6, 6.07) is 5.72. The highest BCUT2D eigenvalue weighted by atomic mass is 32.2. The minimum Gasteiger partial charge on any atom is -0.396 e. The summed E-state index contributed by atoms with van der Waals surface area (Å²) < 4.78 is 0. The van der Waals surface area contributed by atoms with Crippen LogP contribution in [-0.2, 0) is 16.1 Å². The minimum atomic E-state index is -0.186. The van der Waals surface area contributed by atoms with E-state index < -0.39 is 0 Å². The fourth-order valence-corrected chi connectivity index (χ4v) is 2.42. The fraction of sp³-hybridized carbons (Fsp3) is 0.333. The number of carbonyl (C=O) groups excluding carboxylic acids is 2. The zero-order valence-corrected chi connectivity index (χ0v) is 10.5. The first-order valence-electron chi connectivity index (χ1n) is 5.62. The van der Waals surface area contributed by atoms with Crippen LogP contribution in [0, 0.1) is 0 Å². The Hall–Kier alpha value is -1.53. The number of benzene rings is 1. The molecule has 6 heteroatoms. The van der Waals surface area contributed by atoms with Crippen LogP contribution in [0.15, 0.2) is 23.1 Å². The van der Waals surface area contributed by atoms with Crippen molar-refractivity contribution < 1.29 is 14.7 Å². The summed E-state index contributed by atoms with van der Waals surface area (Å²) in [6.45, 7) is 0.245. The summed E-state index contributed by atoms with van der Waals surface area (Å²) >= 11 is 1.51. The second-order valence-electron chi connectivity index (χ2n) is 3.92. The van der Waals surface area contributed by atoms with Crippen molar-refractivity contribution in [2.75, 3.05) is 17.7 Å². The third-order valence-electron chi connectivity index (χ3n) is 2.51. The van der Waals surface area contributed by atoms with E-state index in [0.717, 1.165) is 16.1 Å². The molecule has 1 heterocycles. The normalized spacial score (nSPS) is 13.7. The summed E-state index contributed by atoms with van der Waals surface area (Å²) in [4.78, 5) is 23.5. The zero-order chi connectivity index (χ0) is 13.0. The number of thioether (sulfide) groups is 1. The van der Waals surface area contributed by atoms with Gasteiger partial charge in [-0.05, 0) is 17.7 Å². The van der Waals surface area contributed by atoms with Crippen molar-refractivity contribution in [1.82, 2.24) is 5.32 Å². The molecule has 1 aromatic carbocycles. The Morgan fingerprint density at radius 2 is 2.33 bits per heavy atom. The van der Waals surface area contributed by atoms with Gasteiger partial charge < -0.3 is 15.7 Å². The Bertz CT molecular complexity index is 476. The predicted octanol–water partition coefficient (Wildman–Crippen LogP) is 0.729. The van der Waals surface area contributed by atoms with Gasteiger partial charge in [0.15, 0.2) is 0 Å². The molecule has 2 rings (SSSR count). The Kier molecular flexibility index (Phi) is 4.22. The van der Waals surface area contributed by atoms with Crippen molar-refractivity contribution in [3.63, 3.8) is 0 Å². The number of amides is 2. The van der Waals surface area contributed by atoms with E-state index in [1.165, 1.54) is 11.8 Å². The van der Waals surface area contributed by atoms with Crippen molar-refractivity contribution in [1.29, 1.82) is 0 Å². The number of aliphatic hydroxyl groups excluding tert-OH is 1. The van der Waals surface area contributed by atoms with Gasteiger partial charge in [-0.2, -0.15) is 0 Å². The second-order valence-corrected chi connectivity index (χ2v) is 4.93. The lowest BCUT2D eigenvalue weighted by Crippen LogP contribution is -2.24. The Balaban J connectivity index is 2.00. The number of carbonyl (C=O) groups is 2. The molecule has 0 unspecified atom stereocenters. The van der Waals surface area contributed by atoms with Gasteiger partial charge in [-0.15, -0.1) is 11.8 Å². The molecule has 0 atom stereocenters. The maximum absolute atomic E-state index is 11.3. The van der Waals surface area contributed by atoms with E-state index in [2.05, 4.69) is 10.6 Å². The molecule has 5 nitrogen and oxygen atoms in total. The number of rotatable bonds is 4. The molecule has 2 amide bonds. The van der Waals surface area contributed by atoms with E-state index in [1.807, 2.05) is 18.2 Å². The number of anilines is 1. The van der Waals surface area contributed by atoms with Crippen LogP contribution in [0.4, 0.5) is 5.69 Å². The molecule has 0 aliphatic carbocycles. The average Bonchev–Trinajstić information content (AvgIpc) is 2.36. The molecule has 0 fully saturated rings. The van der Waals surface area contributed by atoms with E-state index >= 15 is 0 Å². The molecule has 0 bridgehead atoms. The molecule has 96 valence electrons. The van der Waals surface area contributed by atoms with E-state index in [0.29, 0.717) is 12.3 Å². The van der Waals surface area contributed by atoms with Gasteiger partial charge in [-0.3, -0.25) is 9.59 Å². The smallest absolute Gasteiger partial charge is 0.234 e. The Morgan fingerprint density at radius 1 is 1.50 bits per heavy atom. The predicted molar refractivity (Wildman–Crippen MR) is 69.3 cm³/mol. The number of fused-ring (bicyclic) bond motifs is 1. The summed E-state index contributed by atoms with van der Waals surface area (Å²) in [5.74, 6) is 0.252. The van der Waals surface area contributed by atoms with Crippen LogP contribution in [0.2, 0.25) is 0 Å². The Labute approximate surface area is 109 Å². The summed E-state index contributed by atoms with van der Waals surface area (Å²) in [7, 11) is 0. The first kappa shape index (κ1) is 12.9. The molecule has 0 radical (unpaired) electrons. The molecular weight excluding hydrogens is 252 g/mol. The van der Waals surface area contributed by atoms with E-state index in [4.69, 9.17) is 5.11 Å². The van der Waals surface area contributed by atoms with E-state index in [-0.39, 0.29) is 24.8 Å². The summed E-state index contributed by atoms with van der Waals surface area (Å²) in [6.07, 6.45) is 0.109. The molecule has 0 spiro atoms. The highest BCUT2D eigenvalue weighted by molar-refractivity contribution is 8.00. The van der Waals surface area contributed by atoms with Gasteiger partial charge in [0.05, 0.1) is 18.0 Å². The van der Waals surface area contributed by atoms with Crippen molar-refractivity contribution in [2.24, 2.45) is 0 Å². The highest BCUT2D eigenvalue weighted by Crippen LogP contribution is 2.31. The van der Waals surface area contributed by atoms with Gasteiger partial charge in [0.2, 0.25) is 11.8 Å². The van der Waals surface area contributed by atoms with Crippen LogP contribution in [-0.4, -0.2) is 29.3 Å². The summed E-state index contributed by atoms with van der Waals surface area (Å²) in [5.41, 5.74) is 1.72. The van der Waals surface area contributed by atoms with Gasteiger partial charge in [-0.25, -0.2) is 0 Å². The highest BCUT2D eigenvalue weighted by Gasteiger charge is 2.15. The lowest BCUT2D eigenvalue weighted by Gasteiger charge is -2.17. The van der Waals surface area contributed by atoms with Crippen LogP contribution in [0.25, 0.3) is 0 Å². The van der Waals surface area contributed by atoms with Crippen LogP contribution < -0.4 is 10.6 Å². The summed E-state index contributed by atoms with van der Waals surface area (Å²) in [5, 5.41) is 14.1. The number of hydrogen-bond acceptors (Lipinski definition) is 4. The molecule has 0 aromatic heterocycles. The fourth-order valence-electron chi connectivity index (χ4n) is 1.63. The number of nitrogens with one attached hydrogen (secondary N) is 2. The minimum absolute atomic E-state index is 0.00559. The maximum atomic E-state index is 11.3. The first-order valence-corrected chi connectivity index (χ1v) is 6.61. The van der Waals surface area contributed by atoms with Gasteiger partial charge in [0, 0.05) is 17.9 Å². The van der Waals surface area contributed by atoms with Crippen LogP contribution in [0.5, 0.6) is 0 Å². The number of aliphatic hydroxyl groups is 1. The van der Waals surface area contributed by atoms with Gasteiger partial charge in [-0.1, -0.05) is 6.07 Å². The maximum Gasteiger partial charge on any atom is 0.234 e. The standard InChI is InChI=1S/C12H14N2O3S/c15-4-3-11(16)13-6-8-1-2-10-9(5-8)14-12(17)7-18-10/h1-2,5,15H,3-4,6-7H2,(H,13,16)(H,14,17). The Morgan fingerprint density at radius 3 is 3.11 bits per heavy atom. The molecule has 1 aromatic rings. The van der Waals surface area contributed by atoms with Crippen LogP contribution in [0.3, 0.4) is 0 Å². The molecule has 18 heavy (non-hydrogen) atoms. The molecular formula is C12H14N2O3S. The topological polar surface area (TPSA) is 78.4 Å². The monoisotopic (exact) mass is 266 g/mol.